The van der Waals surface area contributed by atoms with Crippen molar-refractivity contribution in [1.82, 2.24) is 9.88 Å². The van der Waals surface area contributed by atoms with Crippen LogP contribution in [0.25, 0.3) is 0 Å². The molecule has 1 heterocycles. The minimum Gasteiger partial charge on any atom is -0.456 e. The molecule has 0 spiro atoms. The van der Waals surface area contributed by atoms with Crippen molar-refractivity contribution in [3.05, 3.63) is 75.6 Å². The van der Waals surface area contributed by atoms with Gasteiger partial charge in [0.25, 0.3) is 11.6 Å². The predicted molar refractivity (Wildman–Crippen MR) is 109 cm³/mol. The monoisotopic (exact) mass is 413 g/mol. The quantitative estimate of drug-likeness (QED) is 0.222. The number of amides is 1. The number of carbonyl (C=O) groups is 3. The van der Waals surface area contributed by atoms with Crippen LogP contribution in [0.15, 0.2) is 43.0 Å². The third kappa shape index (κ3) is 5.19. The number of allylic oxidation sites excluding steroid dienone is 1. The second-order valence-corrected chi connectivity index (χ2v) is 6.72. The summed E-state index contributed by atoms with van der Waals surface area (Å²) in [7, 11) is 0. The molecule has 9 nitrogen and oxygen atoms in total. The lowest BCUT2D eigenvalue weighted by atomic mass is 10.1. The van der Waals surface area contributed by atoms with Crippen LogP contribution in [-0.2, 0) is 16.1 Å². The number of esters is 1. The Morgan fingerprint density at radius 1 is 1.30 bits per heavy atom. The lowest BCUT2D eigenvalue weighted by molar-refractivity contribution is -0.384. The number of nitrogens with zero attached hydrogens (tertiary/aromatic N) is 2. The van der Waals surface area contributed by atoms with E-state index in [4.69, 9.17) is 4.74 Å². The fourth-order valence-electron chi connectivity index (χ4n) is 2.93. The average Bonchev–Trinajstić information content (AvgIpc) is 3.00. The lowest BCUT2D eigenvalue weighted by Crippen LogP contribution is -2.40. The Labute approximate surface area is 173 Å². The number of nitrogens with one attached hydrogen (secondary N) is 1. The average molecular weight is 413 g/mol. The molecule has 0 bridgehead atoms. The predicted octanol–water partition coefficient (Wildman–Crippen LogP) is 2.74. The number of rotatable bonds is 9. The Hall–Kier alpha value is -3.75. The summed E-state index contributed by atoms with van der Waals surface area (Å²) in [6, 6.07) is 5.81. The van der Waals surface area contributed by atoms with Crippen molar-refractivity contribution in [3.63, 3.8) is 0 Å². The second-order valence-electron chi connectivity index (χ2n) is 6.72. The number of Topliss-reactive ketones (excluding diaryl/α,β-unsaturated/α-hetero) is 1. The fraction of sp³-hybridized carbons (Fsp3) is 0.286. The first-order valence-corrected chi connectivity index (χ1v) is 9.18. The van der Waals surface area contributed by atoms with E-state index >= 15 is 0 Å². The maximum absolute atomic E-state index is 12.4. The highest BCUT2D eigenvalue weighted by Crippen LogP contribution is 2.16. The molecular formula is C21H23N3O6. The zero-order chi connectivity index (χ0) is 22.4. The summed E-state index contributed by atoms with van der Waals surface area (Å²) in [5.41, 5.74) is 1.89. The van der Waals surface area contributed by atoms with E-state index in [9.17, 15) is 24.5 Å². The van der Waals surface area contributed by atoms with Crippen LogP contribution in [0, 0.1) is 24.0 Å². The van der Waals surface area contributed by atoms with Crippen molar-refractivity contribution in [2.45, 2.75) is 33.4 Å². The maximum atomic E-state index is 12.4. The molecule has 2 aromatic rings. The highest BCUT2D eigenvalue weighted by molar-refractivity contribution is 6.00. The van der Waals surface area contributed by atoms with Crippen LogP contribution in [0.3, 0.4) is 0 Å². The van der Waals surface area contributed by atoms with Crippen LogP contribution >= 0.6 is 0 Å². The third-order valence-electron chi connectivity index (χ3n) is 4.55. The molecule has 0 aliphatic carbocycles. The zero-order valence-corrected chi connectivity index (χ0v) is 17.0. The topological polar surface area (TPSA) is 121 Å². The van der Waals surface area contributed by atoms with Crippen molar-refractivity contribution >= 4 is 23.3 Å². The molecule has 1 atom stereocenters. The Kier molecular flexibility index (Phi) is 7.24. The molecule has 0 fully saturated rings. The number of nitro benzene ring substituents is 1. The third-order valence-corrected chi connectivity index (χ3v) is 4.55. The molecule has 0 saturated heterocycles. The smallest absolute Gasteiger partial charge is 0.328 e. The first-order valence-electron chi connectivity index (χ1n) is 9.18. The first kappa shape index (κ1) is 22.5. The van der Waals surface area contributed by atoms with Crippen LogP contribution < -0.4 is 5.32 Å². The molecule has 1 amide bonds. The summed E-state index contributed by atoms with van der Waals surface area (Å²) < 4.78 is 6.96. The Morgan fingerprint density at radius 2 is 2.00 bits per heavy atom. The molecule has 158 valence electrons. The van der Waals surface area contributed by atoms with E-state index < -0.39 is 29.4 Å². The van der Waals surface area contributed by atoms with Gasteiger partial charge in [0.2, 0.25) is 5.78 Å². The van der Waals surface area contributed by atoms with Crippen LogP contribution in [0.5, 0.6) is 0 Å². The number of carbonyl (C=O) groups excluding carboxylic acids is 3. The van der Waals surface area contributed by atoms with Gasteiger partial charge >= 0.3 is 5.97 Å². The minimum absolute atomic E-state index is 0.0367. The van der Waals surface area contributed by atoms with Crippen LogP contribution in [0.2, 0.25) is 0 Å². The van der Waals surface area contributed by atoms with Crippen molar-refractivity contribution in [2.24, 2.45) is 0 Å². The Balaban J connectivity index is 1.96. The molecule has 0 aliphatic heterocycles. The number of non-ortho nitro benzene ring substituents is 1. The number of nitro groups is 1. The van der Waals surface area contributed by atoms with Gasteiger partial charge in [0.15, 0.2) is 6.61 Å². The van der Waals surface area contributed by atoms with E-state index in [0.717, 1.165) is 17.5 Å². The number of ether oxygens (including phenoxy) is 1. The number of aryl methyl sites for hydroxylation is 1. The molecule has 30 heavy (non-hydrogen) atoms. The van der Waals surface area contributed by atoms with Gasteiger partial charge in [0.1, 0.15) is 6.04 Å². The molecule has 1 aromatic heterocycles. The molecule has 2 rings (SSSR count). The van der Waals surface area contributed by atoms with Crippen LogP contribution in [0.4, 0.5) is 5.69 Å². The van der Waals surface area contributed by atoms with E-state index in [0.29, 0.717) is 12.1 Å². The van der Waals surface area contributed by atoms with E-state index in [2.05, 4.69) is 11.9 Å². The van der Waals surface area contributed by atoms with Gasteiger partial charge in [-0.15, -0.1) is 6.58 Å². The summed E-state index contributed by atoms with van der Waals surface area (Å²) in [6.07, 6.45) is 1.72. The SMILES string of the molecule is C=CCn1c(C)cc(C(=O)COC(=O)[C@H](C)NC(=O)c2cccc([N+](=O)[O-])c2)c1C. The molecular weight excluding hydrogens is 390 g/mol. The summed E-state index contributed by atoms with van der Waals surface area (Å²) in [5, 5.41) is 13.2. The molecule has 0 saturated carbocycles. The van der Waals surface area contributed by atoms with E-state index in [-0.39, 0.29) is 17.0 Å². The molecule has 0 radical (unpaired) electrons. The van der Waals surface area contributed by atoms with E-state index in [1.54, 1.807) is 19.1 Å². The Bertz CT molecular complexity index is 1010. The van der Waals surface area contributed by atoms with Gasteiger partial charge in [-0.3, -0.25) is 19.7 Å². The molecule has 0 unspecified atom stereocenters. The fourth-order valence-corrected chi connectivity index (χ4v) is 2.93. The highest BCUT2D eigenvalue weighted by atomic mass is 16.6. The Morgan fingerprint density at radius 3 is 2.63 bits per heavy atom. The van der Waals surface area contributed by atoms with Gasteiger partial charge in [-0.25, -0.2) is 4.79 Å². The van der Waals surface area contributed by atoms with Crippen molar-refractivity contribution in [3.8, 4) is 0 Å². The number of benzene rings is 1. The number of hydrogen-bond acceptors (Lipinski definition) is 6. The zero-order valence-electron chi connectivity index (χ0n) is 17.0. The molecule has 9 heteroatoms. The number of aromatic nitrogens is 1. The van der Waals surface area contributed by atoms with Crippen molar-refractivity contribution in [2.75, 3.05) is 6.61 Å². The highest BCUT2D eigenvalue weighted by Gasteiger charge is 2.22. The van der Waals surface area contributed by atoms with Gasteiger partial charge in [-0.2, -0.15) is 0 Å². The number of ketones is 1. The lowest BCUT2D eigenvalue weighted by Gasteiger charge is -2.13. The summed E-state index contributed by atoms with van der Waals surface area (Å²) in [6.45, 7) is 8.85. The first-order chi connectivity index (χ1) is 14.1. The normalized spacial score (nSPS) is 11.4. The summed E-state index contributed by atoms with van der Waals surface area (Å²) in [5.74, 6) is -1.81. The van der Waals surface area contributed by atoms with Crippen molar-refractivity contribution in [1.29, 1.82) is 0 Å². The maximum Gasteiger partial charge on any atom is 0.328 e. The molecule has 1 aromatic carbocycles. The number of hydrogen-bond donors (Lipinski definition) is 1. The molecule has 1 N–H and O–H groups in total. The van der Waals surface area contributed by atoms with Gasteiger partial charge in [0.05, 0.1) is 4.92 Å². The van der Waals surface area contributed by atoms with Gasteiger partial charge in [-0.1, -0.05) is 12.1 Å². The van der Waals surface area contributed by atoms with Crippen molar-refractivity contribution < 1.29 is 24.0 Å². The molecule has 0 aliphatic rings. The minimum atomic E-state index is -1.04. The standard InChI is InChI=1S/C21H23N3O6/c1-5-9-23-13(2)10-18(15(23)4)19(25)12-30-21(27)14(3)22-20(26)16-7-6-8-17(11-16)24(28)29/h5-8,10-11,14H,1,9,12H2,2-4H3,(H,22,26)/t14-/m0/s1. The van der Waals surface area contributed by atoms with Crippen LogP contribution in [-0.4, -0.2) is 39.8 Å². The second kappa shape index (κ2) is 9.64. The van der Waals surface area contributed by atoms with E-state index in [1.807, 2.05) is 11.5 Å². The largest absolute Gasteiger partial charge is 0.456 e. The van der Waals surface area contributed by atoms with Gasteiger partial charge in [0, 0.05) is 41.2 Å². The van der Waals surface area contributed by atoms with Gasteiger partial charge < -0.3 is 14.6 Å². The van der Waals surface area contributed by atoms with E-state index in [1.165, 1.54) is 25.1 Å². The summed E-state index contributed by atoms with van der Waals surface area (Å²) in [4.78, 5) is 47.0. The van der Waals surface area contributed by atoms with Crippen LogP contribution in [0.1, 0.15) is 39.0 Å². The summed E-state index contributed by atoms with van der Waals surface area (Å²) >= 11 is 0. The van der Waals surface area contributed by atoms with Gasteiger partial charge in [-0.05, 0) is 32.9 Å².